The van der Waals surface area contributed by atoms with Crippen LogP contribution >= 0.6 is 15.9 Å². The number of ether oxygens (including phenoxy) is 2. The Balaban J connectivity index is 1.95. The van der Waals surface area contributed by atoms with Gasteiger partial charge in [0.05, 0.1) is 5.57 Å². The van der Waals surface area contributed by atoms with Gasteiger partial charge in [-0.1, -0.05) is 15.9 Å². The quantitative estimate of drug-likeness (QED) is 0.679. The molecule has 0 aliphatic carbocycles. The van der Waals surface area contributed by atoms with E-state index in [9.17, 15) is 22.4 Å². The van der Waals surface area contributed by atoms with Crippen molar-refractivity contribution >= 4 is 28.0 Å². The van der Waals surface area contributed by atoms with Crippen molar-refractivity contribution in [1.82, 2.24) is 0 Å². The minimum atomic E-state index is -4.91. The van der Waals surface area contributed by atoms with E-state index in [0.717, 1.165) is 12.1 Å². The van der Waals surface area contributed by atoms with Gasteiger partial charge in [-0.2, -0.15) is 13.2 Å². The highest BCUT2D eigenvalue weighted by Gasteiger charge is 2.48. The lowest BCUT2D eigenvalue weighted by Gasteiger charge is -2.27. The molecule has 0 fully saturated rings. The van der Waals surface area contributed by atoms with Gasteiger partial charge in [0.15, 0.2) is 11.6 Å². The van der Waals surface area contributed by atoms with Crippen molar-refractivity contribution in [3.05, 3.63) is 57.8 Å². The first-order valence-corrected chi connectivity index (χ1v) is 7.89. The van der Waals surface area contributed by atoms with E-state index in [1.807, 2.05) is 0 Å². The normalized spacial score (nSPS) is 16.3. The molecule has 0 bridgehead atoms. The van der Waals surface area contributed by atoms with Gasteiger partial charge >= 0.3 is 12.1 Å². The Kier molecular flexibility index (Phi) is 4.66. The minimum absolute atomic E-state index is 0.0399. The fourth-order valence-corrected chi connectivity index (χ4v) is 2.67. The number of fused-ring (bicyclic) bond motifs is 1. The lowest BCUT2D eigenvalue weighted by atomic mass is 10.0. The lowest BCUT2D eigenvalue weighted by Crippen LogP contribution is -2.40. The van der Waals surface area contributed by atoms with Crippen LogP contribution in [-0.2, 0) is 4.79 Å². The predicted molar refractivity (Wildman–Crippen MR) is 86.7 cm³/mol. The summed E-state index contributed by atoms with van der Waals surface area (Å²) in [5.74, 6) is -2.70. The molecule has 4 nitrogen and oxygen atoms in total. The molecule has 0 spiro atoms. The Labute approximate surface area is 152 Å². The van der Waals surface area contributed by atoms with Crippen LogP contribution in [0.15, 0.2) is 46.4 Å². The van der Waals surface area contributed by atoms with Crippen molar-refractivity contribution < 1.29 is 36.9 Å². The monoisotopic (exact) mass is 432 g/mol. The number of carboxylic acid groups (broad SMARTS) is 1. The highest BCUT2D eigenvalue weighted by molar-refractivity contribution is 9.10. The van der Waals surface area contributed by atoms with Gasteiger partial charge in [-0.3, -0.25) is 0 Å². The largest absolute Gasteiger partial charge is 0.478 e. The van der Waals surface area contributed by atoms with Crippen LogP contribution in [0.5, 0.6) is 17.2 Å². The van der Waals surface area contributed by atoms with E-state index in [-0.39, 0.29) is 22.8 Å². The number of aliphatic carboxylic acids is 1. The van der Waals surface area contributed by atoms with Gasteiger partial charge in [0.25, 0.3) is 0 Å². The first-order chi connectivity index (χ1) is 12.1. The molecule has 1 aliphatic rings. The molecule has 1 aliphatic heterocycles. The molecular formula is C17H9BrF4O4. The molecule has 2 aromatic carbocycles. The Morgan fingerprint density at radius 2 is 1.92 bits per heavy atom. The van der Waals surface area contributed by atoms with Crippen molar-refractivity contribution in [2.45, 2.75) is 12.3 Å². The van der Waals surface area contributed by atoms with E-state index in [1.165, 1.54) is 30.3 Å². The van der Waals surface area contributed by atoms with Gasteiger partial charge < -0.3 is 14.6 Å². The SMILES string of the molecule is O=C(O)C1=Cc2ccc(Oc3ccc(Br)cc3F)cc2OC1C(F)(F)F. The van der Waals surface area contributed by atoms with E-state index in [4.69, 9.17) is 14.6 Å². The van der Waals surface area contributed by atoms with Gasteiger partial charge in [-0.05, 0) is 36.4 Å². The van der Waals surface area contributed by atoms with Crippen LogP contribution in [-0.4, -0.2) is 23.4 Å². The van der Waals surface area contributed by atoms with Crippen LogP contribution in [0.3, 0.4) is 0 Å². The fourth-order valence-electron chi connectivity index (χ4n) is 2.34. The van der Waals surface area contributed by atoms with Crippen molar-refractivity contribution in [2.24, 2.45) is 0 Å². The third kappa shape index (κ3) is 3.67. The summed E-state index contributed by atoms with van der Waals surface area (Å²) in [4.78, 5) is 11.1. The molecule has 0 radical (unpaired) electrons. The zero-order valence-electron chi connectivity index (χ0n) is 12.7. The number of hydrogen-bond acceptors (Lipinski definition) is 3. The van der Waals surface area contributed by atoms with Gasteiger partial charge in [0.2, 0.25) is 6.10 Å². The maximum Gasteiger partial charge on any atom is 0.430 e. The van der Waals surface area contributed by atoms with Crippen molar-refractivity contribution in [3.63, 3.8) is 0 Å². The third-order valence-corrected chi connectivity index (χ3v) is 3.98. The van der Waals surface area contributed by atoms with Gasteiger partial charge in [-0.15, -0.1) is 0 Å². The molecule has 1 N–H and O–H groups in total. The first kappa shape index (κ1) is 18.2. The number of halogens is 5. The molecule has 2 aromatic rings. The zero-order valence-corrected chi connectivity index (χ0v) is 14.3. The topological polar surface area (TPSA) is 55.8 Å². The van der Waals surface area contributed by atoms with E-state index in [2.05, 4.69) is 15.9 Å². The molecule has 0 amide bonds. The number of benzene rings is 2. The number of rotatable bonds is 3. The summed E-state index contributed by atoms with van der Waals surface area (Å²) in [6.07, 6.45) is -6.62. The molecule has 0 saturated carbocycles. The van der Waals surface area contributed by atoms with Crippen LogP contribution < -0.4 is 9.47 Å². The summed E-state index contributed by atoms with van der Waals surface area (Å²) in [7, 11) is 0. The highest BCUT2D eigenvalue weighted by atomic mass is 79.9. The molecule has 0 saturated heterocycles. The standard InChI is InChI=1S/C17H9BrF4O4/c18-9-2-4-13(12(19)6-9)25-10-3-1-8-5-11(16(23)24)15(17(20,21)22)26-14(8)7-10/h1-7,15H,(H,23,24). The molecule has 9 heteroatoms. The molecule has 26 heavy (non-hydrogen) atoms. The number of carbonyl (C=O) groups is 1. The molecule has 1 atom stereocenters. The molecule has 1 unspecified atom stereocenters. The fraction of sp³-hybridized carbons (Fsp3) is 0.118. The van der Waals surface area contributed by atoms with E-state index in [0.29, 0.717) is 4.47 Å². The van der Waals surface area contributed by atoms with Gasteiger partial charge in [0, 0.05) is 16.1 Å². The average molecular weight is 433 g/mol. The minimum Gasteiger partial charge on any atom is -0.478 e. The lowest BCUT2D eigenvalue weighted by molar-refractivity contribution is -0.187. The second-order valence-electron chi connectivity index (χ2n) is 5.32. The molecule has 136 valence electrons. The van der Waals surface area contributed by atoms with Crippen molar-refractivity contribution in [3.8, 4) is 17.2 Å². The third-order valence-electron chi connectivity index (χ3n) is 3.49. The summed E-state index contributed by atoms with van der Waals surface area (Å²) in [6, 6.07) is 7.90. The summed E-state index contributed by atoms with van der Waals surface area (Å²) in [6.45, 7) is 0. The van der Waals surface area contributed by atoms with E-state index in [1.54, 1.807) is 0 Å². The van der Waals surface area contributed by atoms with Crippen LogP contribution in [0.25, 0.3) is 6.08 Å². The van der Waals surface area contributed by atoms with Crippen molar-refractivity contribution in [2.75, 3.05) is 0 Å². The van der Waals surface area contributed by atoms with Crippen LogP contribution in [0.1, 0.15) is 5.56 Å². The van der Waals surface area contributed by atoms with Crippen molar-refractivity contribution in [1.29, 1.82) is 0 Å². The second-order valence-corrected chi connectivity index (χ2v) is 6.24. The maximum absolute atomic E-state index is 13.8. The molecular weight excluding hydrogens is 424 g/mol. The Morgan fingerprint density at radius 1 is 1.19 bits per heavy atom. The predicted octanol–water partition coefficient (Wildman–Crippen LogP) is 5.17. The second kappa shape index (κ2) is 6.64. The molecule has 0 aromatic heterocycles. The van der Waals surface area contributed by atoms with Gasteiger partial charge in [-0.25, -0.2) is 9.18 Å². The first-order valence-electron chi connectivity index (χ1n) is 7.10. The number of hydrogen-bond donors (Lipinski definition) is 1. The smallest absolute Gasteiger partial charge is 0.430 e. The summed E-state index contributed by atoms with van der Waals surface area (Å²) in [5.41, 5.74) is -0.774. The zero-order chi connectivity index (χ0) is 19.1. The van der Waals surface area contributed by atoms with Crippen LogP contribution in [0.2, 0.25) is 0 Å². The van der Waals surface area contributed by atoms with Crippen LogP contribution in [0.4, 0.5) is 17.6 Å². The van der Waals surface area contributed by atoms with E-state index >= 15 is 0 Å². The molecule has 3 rings (SSSR count). The Hall–Kier alpha value is -2.55. The van der Waals surface area contributed by atoms with Crippen LogP contribution in [0, 0.1) is 5.82 Å². The maximum atomic E-state index is 13.8. The van der Waals surface area contributed by atoms with Gasteiger partial charge in [0.1, 0.15) is 11.5 Å². The summed E-state index contributed by atoms with van der Waals surface area (Å²) >= 11 is 3.10. The summed E-state index contributed by atoms with van der Waals surface area (Å²) in [5, 5.41) is 8.98. The average Bonchev–Trinajstić information content (AvgIpc) is 2.55. The number of alkyl halides is 3. The summed E-state index contributed by atoms with van der Waals surface area (Å²) < 4.78 is 63.7. The molecule has 1 heterocycles. The Morgan fingerprint density at radius 3 is 2.54 bits per heavy atom. The number of carboxylic acids is 1. The Bertz CT molecular complexity index is 908. The van der Waals surface area contributed by atoms with E-state index < -0.39 is 29.6 Å². The highest BCUT2D eigenvalue weighted by Crippen LogP contribution is 2.39.